The van der Waals surface area contributed by atoms with Crippen LogP contribution >= 0.6 is 11.6 Å². The van der Waals surface area contributed by atoms with Gasteiger partial charge in [-0.05, 0) is 42.2 Å². The monoisotopic (exact) mass is 383 g/mol. The third-order valence-electron chi connectivity index (χ3n) is 4.13. The van der Waals surface area contributed by atoms with Crippen LogP contribution in [0.25, 0.3) is 11.4 Å². The molecule has 0 atom stereocenters. The number of nitrogens with zero attached hydrogens (tertiary/aromatic N) is 3. The first-order chi connectivity index (χ1) is 12.8. The van der Waals surface area contributed by atoms with Gasteiger partial charge < -0.3 is 4.74 Å². The van der Waals surface area contributed by atoms with Crippen molar-refractivity contribution in [2.45, 2.75) is 33.1 Å². The van der Waals surface area contributed by atoms with E-state index >= 15 is 0 Å². The van der Waals surface area contributed by atoms with E-state index in [-0.39, 0.29) is 17.3 Å². The molecule has 140 valence electrons. The van der Waals surface area contributed by atoms with E-state index < -0.39 is 0 Å². The summed E-state index contributed by atoms with van der Waals surface area (Å²) in [6.45, 7) is 8.65. The van der Waals surface area contributed by atoms with Crippen molar-refractivity contribution in [2.24, 2.45) is 0 Å². The first-order valence-electron chi connectivity index (χ1n) is 8.80. The van der Waals surface area contributed by atoms with Gasteiger partial charge in [-0.1, -0.05) is 56.6 Å². The van der Waals surface area contributed by atoms with Crippen molar-refractivity contribution in [3.63, 3.8) is 0 Å². The van der Waals surface area contributed by atoms with Gasteiger partial charge in [0.25, 0.3) is 5.91 Å². The van der Waals surface area contributed by atoms with Gasteiger partial charge in [0.2, 0.25) is 0 Å². The summed E-state index contributed by atoms with van der Waals surface area (Å²) in [4.78, 5) is 17.4. The van der Waals surface area contributed by atoms with Crippen LogP contribution in [0.4, 0.5) is 0 Å². The third kappa shape index (κ3) is 4.19. The van der Waals surface area contributed by atoms with Gasteiger partial charge in [-0.15, -0.1) is 5.10 Å². The van der Waals surface area contributed by atoms with Gasteiger partial charge in [-0.2, -0.15) is 9.67 Å². The van der Waals surface area contributed by atoms with E-state index in [1.165, 1.54) is 4.68 Å². The van der Waals surface area contributed by atoms with Crippen LogP contribution in [-0.2, 0) is 5.41 Å². The van der Waals surface area contributed by atoms with E-state index in [0.717, 1.165) is 5.56 Å². The number of rotatable bonds is 4. The summed E-state index contributed by atoms with van der Waals surface area (Å²) < 4.78 is 6.67. The van der Waals surface area contributed by atoms with Crippen molar-refractivity contribution in [1.29, 1.82) is 0 Å². The maximum Gasteiger partial charge on any atom is 0.336 e. The molecule has 0 saturated carbocycles. The molecule has 3 aromatic rings. The second-order valence-corrected chi connectivity index (χ2v) is 7.64. The molecule has 0 saturated heterocycles. The maximum atomic E-state index is 13.1. The number of halogens is 1. The van der Waals surface area contributed by atoms with Crippen LogP contribution in [0, 0.1) is 0 Å². The van der Waals surface area contributed by atoms with Crippen molar-refractivity contribution in [3.05, 3.63) is 64.7 Å². The van der Waals surface area contributed by atoms with Gasteiger partial charge in [-0.3, -0.25) is 4.79 Å². The largest absolute Gasteiger partial charge is 0.463 e. The molecule has 0 N–H and O–H groups in total. The summed E-state index contributed by atoms with van der Waals surface area (Å²) in [7, 11) is 0. The topological polar surface area (TPSA) is 57.0 Å². The Bertz CT molecular complexity index is 956. The number of carbonyl (C=O) groups excluding carboxylic acids is 1. The quantitative estimate of drug-likeness (QED) is 0.637. The smallest absolute Gasteiger partial charge is 0.336 e. The number of benzene rings is 2. The summed E-state index contributed by atoms with van der Waals surface area (Å²) in [5.74, 6) is 0.120. The molecule has 0 aliphatic carbocycles. The lowest BCUT2D eigenvalue weighted by Crippen LogP contribution is -2.16. The van der Waals surface area contributed by atoms with Crippen molar-refractivity contribution in [2.75, 3.05) is 6.61 Å². The van der Waals surface area contributed by atoms with E-state index in [9.17, 15) is 4.79 Å². The summed E-state index contributed by atoms with van der Waals surface area (Å²) in [6, 6.07) is 14.9. The fourth-order valence-electron chi connectivity index (χ4n) is 2.67. The van der Waals surface area contributed by atoms with Crippen molar-refractivity contribution >= 4 is 17.5 Å². The summed E-state index contributed by atoms with van der Waals surface area (Å²) in [5.41, 5.74) is 2.39. The SMILES string of the molecule is CCOc1nc(-c2cccc(Cl)c2)n(C(=O)c2ccc(C(C)(C)C)cc2)n1. The first kappa shape index (κ1) is 19.1. The van der Waals surface area contributed by atoms with E-state index in [0.29, 0.717) is 28.6 Å². The van der Waals surface area contributed by atoms with Crippen molar-refractivity contribution in [1.82, 2.24) is 14.8 Å². The fourth-order valence-corrected chi connectivity index (χ4v) is 2.86. The lowest BCUT2D eigenvalue weighted by Gasteiger charge is -2.19. The van der Waals surface area contributed by atoms with Gasteiger partial charge in [-0.25, -0.2) is 0 Å². The Morgan fingerprint density at radius 2 is 1.85 bits per heavy atom. The standard InChI is InChI=1S/C21H22ClN3O2/c1-5-27-20-23-18(15-7-6-8-17(22)13-15)25(24-20)19(26)14-9-11-16(12-10-14)21(2,3)4/h6-13H,5H2,1-4H3. The van der Waals surface area contributed by atoms with Gasteiger partial charge >= 0.3 is 6.01 Å². The van der Waals surface area contributed by atoms with Crippen molar-refractivity contribution in [3.8, 4) is 17.4 Å². The fraction of sp³-hybridized carbons (Fsp3) is 0.286. The molecule has 6 heteroatoms. The zero-order chi connectivity index (χ0) is 19.6. The number of aromatic nitrogens is 3. The summed E-state index contributed by atoms with van der Waals surface area (Å²) >= 11 is 6.10. The Morgan fingerprint density at radius 1 is 1.15 bits per heavy atom. The Morgan fingerprint density at radius 3 is 2.44 bits per heavy atom. The van der Waals surface area contributed by atoms with Gasteiger partial charge in [0.15, 0.2) is 5.82 Å². The number of hydrogen-bond donors (Lipinski definition) is 0. The minimum absolute atomic E-state index is 0.0168. The third-order valence-corrected chi connectivity index (χ3v) is 4.37. The molecule has 0 aliphatic rings. The predicted molar refractivity (Wildman–Crippen MR) is 107 cm³/mol. The molecule has 0 bridgehead atoms. The summed E-state index contributed by atoms with van der Waals surface area (Å²) in [6.07, 6.45) is 0. The minimum Gasteiger partial charge on any atom is -0.463 e. The molecule has 0 amide bonds. The molecule has 0 aliphatic heterocycles. The summed E-state index contributed by atoms with van der Waals surface area (Å²) in [5, 5.41) is 4.80. The first-order valence-corrected chi connectivity index (χ1v) is 9.18. The molecule has 0 spiro atoms. The molecule has 3 rings (SSSR count). The molecule has 27 heavy (non-hydrogen) atoms. The zero-order valence-corrected chi connectivity index (χ0v) is 16.6. The van der Waals surface area contributed by atoms with E-state index in [2.05, 4.69) is 30.9 Å². The van der Waals surface area contributed by atoms with E-state index in [1.54, 1.807) is 18.2 Å². The predicted octanol–water partition coefficient (Wildman–Crippen LogP) is 4.98. The lowest BCUT2D eigenvalue weighted by atomic mass is 9.87. The van der Waals surface area contributed by atoms with Gasteiger partial charge in [0.1, 0.15) is 0 Å². The second-order valence-electron chi connectivity index (χ2n) is 7.21. The normalized spacial score (nSPS) is 11.4. The molecule has 1 aromatic heterocycles. The number of carbonyl (C=O) groups is 1. The van der Waals surface area contributed by atoms with Gasteiger partial charge in [0, 0.05) is 16.1 Å². The average Bonchev–Trinajstić information content (AvgIpc) is 3.05. The Balaban J connectivity index is 2.03. The molecular weight excluding hydrogens is 362 g/mol. The molecule has 2 aromatic carbocycles. The highest BCUT2D eigenvalue weighted by atomic mass is 35.5. The van der Waals surface area contributed by atoms with Crippen LogP contribution in [0.15, 0.2) is 48.5 Å². The Kier molecular flexibility index (Phi) is 5.33. The Hall–Kier alpha value is -2.66. The highest BCUT2D eigenvalue weighted by Gasteiger charge is 2.21. The van der Waals surface area contributed by atoms with Crippen LogP contribution in [0.5, 0.6) is 6.01 Å². The molecule has 0 unspecified atom stereocenters. The van der Waals surface area contributed by atoms with E-state index in [1.807, 2.05) is 37.3 Å². The average molecular weight is 384 g/mol. The van der Waals surface area contributed by atoms with Crippen molar-refractivity contribution < 1.29 is 9.53 Å². The minimum atomic E-state index is -0.274. The van der Waals surface area contributed by atoms with Crippen LogP contribution in [0.2, 0.25) is 5.02 Å². The number of hydrogen-bond acceptors (Lipinski definition) is 4. The van der Waals surface area contributed by atoms with Gasteiger partial charge in [0.05, 0.1) is 6.61 Å². The zero-order valence-electron chi connectivity index (χ0n) is 15.9. The Labute approximate surface area is 164 Å². The lowest BCUT2D eigenvalue weighted by molar-refractivity contribution is 0.0944. The van der Waals surface area contributed by atoms with Crippen LogP contribution in [0.1, 0.15) is 43.6 Å². The number of ether oxygens (including phenoxy) is 1. The molecule has 0 radical (unpaired) electrons. The maximum absolute atomic E-state index is 13.1. The highest BCUT2D eigenvalue weighted by Crippen LogP contribution is 2.25. The van der Waals surface area contributed by atoms with Crippen LogP contribution < -0.4 is 4.74 Å². The molecule has 1 heterocycles. The van der Waals surface area contributed by atoms with Crippen LogP contribution in [-0.4, -0.2) is 27.3 Å². The highest BCUT2D eigenvalue weighted by molar-refractivity contribution is 6.30. The second kappa shape index (κ2) is 7.53. The van der Waals surface area contributed by atoms with E-state index in [4.69, 9.17) is 16.3 Å². The molecule has 0 fully saturated rings. The molecule has 5 nitrogen and oxygen atoms in total. The van der Waals surface area contributed by atoms with Crippen LogP contribution in [0.3, 0.4) is 0 Å². The molecular formula is C21H22ClN3O2.